The lowest BCUT2D eigenvalue weighted by Crippen LogP contribution is -2.04. The van der Waals surface area contributed by atoms with Crippen LogP contribution in [-0.2, 0) is 11.9 Å². The van der Waals surface area contributed by atoms with Gasteiger partial charge in [-0.15, -0.1) is 5.10 Å². The largest absolute Gasteiger partial charge is 0.416 e. The van der Waals surface area contributed by atoms with Crippen molar-refractivity contribution in [2.75, 3.05) is 0 Å². The van der Waals surface area contributed by atoms with Crippen LogP contribution in [0.5, 0.6) is 0 Å². The third-order valence-corrected chi connectivity index (χ3v) is 5.18. The maximum absolute atomic E-state index is 12.7. The number of hydrogen-bond acceptors (Lipinski definition) is 3. The van der Waals surface area contributed by atoms with Gasteiger partial charge in [0.15, 0.2) is 5.82 Å². The van der Waals surface area contributed by atoms with Gasteiger partial charge in [-0.1, -0.05) is 72.4 Å². The van der Waals surface area contributed by atoms with Crippen LogP contribution in [0.4, 0.5) is 13.2 Å². The molecule has 3 aromatic carbocycles. The van der Waals surface area contributed by atoms with Crippen molar-refractivity contribution in [3.63, 3.8) is 0 Å². The van der Waals surface area contributed by atoms with Crippen LogP contribution in [0.25, 0.3) is 17.1 Å². The summed E-state index contributed by atoms with van der Waals surface area (Å²) in [6, 6.07) is 24.6. The molecule has 0 radical (unpaired) electrons. The monoisotopic (exact) mass is 411 g/mol. The lowest BCUT2D eigenvalue weighted by atomic mass is 10.1. The van der Waals surface area contributed by atoms with E-state index in [0.717, 1.165) is 28.9 Å². The van der Waals surface area contributed by atoms with E-state index in [1.165, 1.54) is 23.9 Å². The fraction of sp³-hybridized carbons (Fsp3) is 0.0909. The SMILES string of the molecule is FC(F)(F)c1ccc(CSc2nc(-c3ccccc3)n(-c3ccccc3)n2)cc1. The summed E-state index contributed by atoms with van der Waals surface area (Å²) in [7, 11) is 0. The van der Waals surface area contributed by atoms with Gasteiger partial charge in [-0.3, -0.25) is 0 Å². The predicted octanol–water partition coefficient (Wildman–Crippen LogP) is 6.25. The molecule has 0 unspecified atom stereocenters. The Morgan fingerprint density at radius 2 is 1.41 bits per heavy atom. The fourth-order valence-electron chi connectivity index (χ4n) is 2.82. The van der Waals surface area contributed by atoms with Crippen molar-refractivity contribution in [3.05, 3.63) is 96.1 Å². The van der Waals surface area contributed by atoms with Crippen molar-refractivity contribution >= 4 is 11.8 Å². The highest BCUT2D eigenvalue weighted by Crippen LogP contribution is 2.31. The van der Waals surface area contributed by atoms with Crippen molar-refractivity contribution in [1.82, 2.24) is 14.8 Å². The highest BCUT2D eigenvalue weighted by atomic mass is 32.2. The van der Waals surface area contributed by atoms with Gasteiger partial charge in [-0.05, 0) is 29.8 Å². The number of alkyl halides is 3. The zero-order chi connectivity index (χ0) is 20.3. The van der Waals surface area contributed by atoms with E-state index in [1.807, 2.05) is 60.7 Å². The number of halogens is 3. The van der Waals surface area contributed by atoms with E-state index in [0.29, 0.717) is 16.7 Å². The van der Waals surface area contributed by atoms with E-state index in [1.54, 1.807) is 4.68 Å². The minimum atomic E-state index is -4.33. The Balaban J connectivity index is 1.59. The molecule has 29 heavy (non-hydrogen) atoms. The molecule has 0 spiro atoms. The molecule has 0 aliphatic heterocycles. The molecule has 4 aromatic rings. The second-order valence-electron chi connectivity index (χ2n) is 6.31. The number of thioether (sulfide) groups is 1. The summed E-state index contributed by atoms with van der Waals surface area (Å²) in [6.07, 6.45) is -4.33. The predicted molar refractivity (Wildman–Crippen MR) is 108 cm³/mol. The maximum atomic E-state index is 12.7. The molecule has 0 aliphatic carbocycles. The minimum Gasteiger partial charge on any atom is -0.212 e. The van der Waals surface area contributed by atoms with E-state index in [-0.39, 0.29) is 0 Å². The second kappa shape index (κ2) is 8.13. The first-order valence-corrected chi connectivity index (χ1v) is 9.86. The summed E-state index contributed by atoms with van der Waals surface area (Å²) in [5.74, 6) is 1.19. The van der Waals surface area contributed by atoms with Crippen LogP contribution in [0.2, 0.25) is 0 Å². The first-order valence-electron chi connectivity index (χ1n) is 8.87. The van der Waals surface area contributed by atoms with Crippen LogP contribution in [0, 0.1) is 0 Å². The minimum absolute atomic E-state index is 0.477. The molecule has 0 amide bonds. The molecule has 0 aliphatic rings. The number of rotatable bonds is 5. The maximum Gasteiger partial charge on any atom is 0.416 e. The summed E-state index contributed by atoms with van der Waals surface area (Å²) in [4.78, 5) is 4.66. The van der Waals surface area contributed by atoms with Gasteiger partial charge in [-0.2, -0.15) is 13.2 Å². The lowest BCUT2D eigenvalue weighted by molar-refractivity contribution is -0.137. The third kappa shape index (κ3) is 4.51. The molecule has 1 heterocycles. The molecular weight excluding hydrogens is 395 g/mol. The molecule has 0 saturated carbocycles. The highest BCUT2D eigenvalue weighted by Gasteiger charge is 2.29. The molecule has 0 saturated heterocycles. The molecule has 0 N–H and O–H groups in total. The van der Waals surface area contributed by atoms with Crippen LogP contribution >= 0.6 is 11.8 Å². The highest BCUT2D eigenvalue weighted by molar-refractivity contribution is 7.98. The lowest BCUT2D eigenvalue weighted by Gasteiger charge is -2.06. The summed E-state index contributed by atoms with van der Waals surface area (Å²) < 4.78 is 39.9. The quantitative estimate of drug-likeness (QED) is 0.364. The topological polar surface area (TPSA) is 30.7 Å². The van der Waals surface area contributed by atoms with E-state index >= 15 is 0 Å². The van der Waals surface area contributed by atoms with Crippen LogP contribution in [0.15, 0.2) is 90.1 Å². The van der Waals surface area contributed by atoms with Gasteiger partial charge in [0, 0.05) is 11.3 Å². The number of nitrogens with zero attached hydrogens (tertiary/aromatic N) is 3. The Bertz CT molecular complexity index is 1020. The van der Waals surface area contributed by atoms with Crippen LogP contribution in [-0.4, -0.2) is 14.8 Å². The van der Waals surface area contributed by atoms with Crippen LogP contribution in [0.3, 0.4) is 0 Å². The van der Waals surface area contributed by atoms with Crippen molar-refractivity contribution in [2.45, 2.75) is 17.1 Å². The molecule has 0 fully saturated rings. The zero-order valence-corrected chi connectivity index (χ0v) is 16.0. The Morgan fingerprint density at radius 3 is 2.03 bits per heavy atom. The van der Waals surface area contributed by atoms with Crippen LogP contribution < -0.4 is 0 Å². The third-order valence-electron chi connectivity index (χ3n) is 4.27. The summed E-state index contributed by atoms with van der Waals surface area (Å²) in [5, 5.41) is 5.18. The standard InChI is InChI=1S/C22H16F3N3S/c23-22(24,25)18-13-11-16(12-14-18)15-29-21-26-20(17-7-3-1-4-8-17)28(27-21)19-9-5-2-6-10-19/h1-14H,15H2. The van der Waals surface area contributed by atoms with E-state index in [4.69, 9.17) is 0 Å². The average molecular weight is 411 g/mol. The number of para-hydroxylation sites is 1. The van der Waals surface area contributed by atoms with Gasteiger partial charge in [0.25, 0.3) is 0 Å². The van der Waals surface area contributed by atoms with Crippen molar-refractivity contribution in [1.29, 1.82) is 0 Å². The average Bonchev–Trinajstić information content (AvgIpc) is 3.18. The van der Waals surface area contributed by atoms with Crippen molar-refractivity contribution in [2.24, 2.45) is 0 Å². The first-order chi connectivity index (χ1) is 14.0. The van der Waals surface area contributed by atoms with E-state index in [9.17, 15) is 13.2 Å². The molecule has 1 aromatic heterocycles. The molecule has 3 nitrogen and oxygen atoms in total. The normalized spacial score (nSPS) is 11.6. The number of aromatic nitrogens is 3. The molecular formula is C22H16F3N3S. The van der Waals surface area contributed by atoms with Gasteiger partial charge in [0.1, 0.15) is 0 Å². The van der Waals surface area contributed by atoms with E-state index in [2.05, 4.69) is 10.1 Å². The van der Waals surface area contributed by atoms with E-state index < -0.39 is 11.7 Å². The van der Waals surface area contributed by atoms with Crippen molar-refractivity contribution < 1.29 is 13.2 Å². The molecule has 0 bridgehead atoms. The van der Waals surface area contributed by atoms with Crippen LogP contribution in [0.1, 0.15) is 11.1 Å². The molecule has 0 atom stereocenters. The van der Waals surface area contributed by atoms with Gasteiger partial charge in [0.05, 0.1) is 11.3 Å². The second-order valence-corrected chi connectivity index (χ2v) is 7.26. The van der Waals surface area contributed by atoms with Crippen molar-refractivity contribution in [3.8, 4) is 17.1 Å². The summed E-state index contributed by atoms with van der Waals surface area (Å²) >= 11 is 1.39. The van der Waals surface area contributed by atoms with Gasteiger partial charge < -0.3 is 0 Å². The summed E-state index contributed by atoms with van der Waals surface area (Å²) in [6.45, 7) is 0. The van der Waals surface area contributed by atoms with Gasteiger partial charge >= 0.3 is 6.18 Å². The molecule has 4 rings (SSSR count). The van der Waals surface area contributed by atoms with Gasteiger partial charge in [-0.25, -0.2) is 9.67 Å². The Morgan fingerprint density at radius 1 is 0.793 bits per heavy atom. The molecule has 146 valence electrons. The van der Waals surface area contributed by atoms with Gasteiger partial charge in [0.2, 0.25) is 5.16 Å². The Kier molecular flexibility index (Phi) is 5.40. The Hall–Kier alpha value is -3.06. The zero-order valence-electron chi connectivity index (χ0n) is 15.2. The molecule has 7 heteroatoms. The smallest absolute Gasteiger partial charge is 0.212 e. The number of benzene rings is 3. The number of hydrogen-bond donors (Lipinski definition) is 0. The Labute approximate surface area is 170 Å². The first kappa shape index (κ1) is 19.3. The fourth-order valence-corrected chi connectivity index (χ4v) is 3.59. The summed E-state index contributed by atoms with van der Waals surface area (Å²) in [5.41, 5.74) is 1.95.